The first-order valence-electron chi connectivity index (χ1n) is 7.53. The Balaban J connectivity index is 1.91. The highest BCUT2D eigenvalue weighted by Crippen LogP contribution is 2.21. The number of thioether (sulfide) groups is 1. The predicted octanol–water partition coefficient (Wildman–Crippen LogP) is 1.88. The van der Waals surface area contributed by atoms with Gasteiger partial charge in [0.15, 0.2) is 5.16 Å². The van der Waals surface area contributed by atoms with Crippen molar-refractivity contribution in [1.82, 2.24) is 19.8 Å². The second kappa shape index (κ2) is 7.28. The van der Waals surface area contributed by atoms with Gasteiger partial charge in [-0.1, -0.05) is 29.4 Å². The summed E-state index contributed by atoms with van der Waals surface area (Å²) in [5, 5.41) is 3.83. The smallest absolute Gasteiger partial charge is 0.324 e. The summed E-state index contributed by atoms with van der Waals surface area (Å²) in [6, 6.07) is 4.49. The number of imide groups is 1. The zero-order valence-corrected chi connectivity index (χ0v) is 14.8. The van der Waals surface area contributed by atoms with Crippen molar-refractivity contribution >= 4 is 46.2 Å². The molecule has 3 rings (SSSR count). The third-order valence-corrected chi connectivity index (χ3v) is 4.87. The van der Waals surface area contributed by atoms with Crippen molar-refractivity contribution in [2.24, 2.45) is 0 Å². The molecule has 1 aromatic carbocycles. The summed E-state index contributed by atoms with van der Waals surface area (Å²) in [4.78, 5) is 42.0. The van der Waals surface area contributed by atoms with Crippen LogP contribution in [0, 0.1) is 0 Å². The van der Waals surface area contributed by atoms with Gasteiger partial charge in [-0.25, -0.2) is 9.78 Å². The van der Waals surface area contributed by atoms with Crippen LogP contribution in [-0.4, -0.2) is 45.2 Å². The Morgan fingerprint density at radius 2 is 2.24 bits per heavy atom. The maximum atomic E-state index is 12.7. The Morgan fingerprint density at radius 1 is 1.44 bits per heavy atom. The summed E-state index contributed by atoms with van der Waals surface area (Å²) in [6.45, 7) is 4.71. The Bertz CT molecular complexity index is 927. The van der Waals surface area contributed by atoms with E-state index in [1.54, 1.807) is 24.3 Å². The predicted molar refractivity (Wildman–Crippen MR) is 97.0 cm³/mol. The fourth-order valence-corrected chi connectivity index (χ4v) is 3.54. The molecule has 1 aliphatic rings. The molecule has 0 unspecified atom stereocenters. The number of hydrogen-bond donors (Lipinski definition) is 1. The standard InChI is InChI=1S/C16H15ClN4O3S/c1-2-6-21-14(23)11-8-10(17)3-4-12(11)19-16(21)25-9-13(22)20-7-5-18-15(20)24/h2-4,8H,1,5-7,9H2,(H,18,24). The summed E-state index contributed by atoms with van der Waals surface area (Å²) >= 11 is 7.08. The van der Waals surface area contributed by atoms with Gasteiger partial charge >= 0.3 is 6.03 Å². The number of allylic oxidation sites excluding steroid dienone is 1. The quantitative estimate of drug-likeness (QED) is 0.488. The first-order valence-corrected chi connectivity index (χ1v) is 8.89. The number of nitrogens with one attached hydrogen (secondary N) is 1. The van der Waals surface area contributed by atoms with Gasteiger partial charge in [-0.15, -0.1) is 6.58 Å². The lowest BCUT2D eigenvalue weighted by Gasteiger charge is -2.14. The highest BCUT2D eigenvalue weighted by Gasteiger charge is 2.26. The number of benzene rings is 1. The Kier molecular flexibility index (Phi) is 5.10. The van der Waals surface area contributed by atoms with Crippen LogP contribution in [0.15, 0.2) is 40.8 Å². The van der Waals surface area contributed by atoms with E-state index in [2.05, 4.69) is 16.9 Å². The van der Waals surface area contributed by atoms with E-state index in [-0.39, 0.29) is 23.8 Å². The molecule has 1 aromatic heterocycles. The van der Waals surface area contributed by atoms with Crippen molar-refractivity contribution in [3.63, 3.8) is 0 Å². The van der Waals surface area contributed by atoms with Gasteiger partial charge in [-0.3, -0.25) is 19.1 Å². The number of nitrogens with zero attached hydrogens (tertiary/aromatic N) is 3. The molecule has 25 heavy (non-hydrogen) atoms. The maximum Gasteiger partial charge on any atom is 0.324 e. The molecule has 9 heteroatoms. The average Bonchev–Trinajstić information content (AvgIpc) is 3.02. The molecule has 1 N–H and O–H groups in total. The van der Waals surface area contributed by atoms with Crippen LogP contribution in [0.2, 0.25) is 5.02 Å². The van der Waals surface area contributed by atoms with Crippen LogP contribution in [-0.2, 0) is 11.3 Å². The van der Waals surface area contributed by atoms with Crippen LogP contribution in [0.5, 0.6) is 0 Å². The molecule has 0 saturated carbocycles. The third kappa shape index (κ3) is 3.54. The molecule has 1 aliphatic heterocycles. The SMILES string of the molecule is C=CCn1c(SCC(=O)N2CCNC2=O)nc2ccc(Cl)cc2c1=O. The second-order valence-electron chi connectivity index (χ2n) is 5.33. The van der Waals surface area contributed by atoms with E-state index in [1.165, 1.54) is 4.57 Å². The van der Waals surface area contributed by atoms with E-state index in [1.807, 2.05) is 0 Å². The minimum Gasteiger partial charge on any atom is -0.336 e. The maximum absolute atomic E-state index is 12.7. The molecule has 0 radical (unpaired) electrons. The van der Waals surface area contributed by atoms with Gasteiger partial charge < -0.3 is 5.32 Å². The minimum atomic E-state index is -0.393. The lowest BCUT2D eigenvalue weighted by atomic mass is 10.2. The fourth-order valence-electron chi connectivity index (χ4n) is 2.49. The van der Waals surface area contributed by atoms with Crippen molar-refractivity contribution in [3.8, 4) is 0 Å². The molecule has 0 atom stereocenters. The molecule has 0 aliphatic carbocycles. The first kappa shape index (κ1) is 17.5. The van der Waals surface area contributed by atoms with Crippen molar-refractivity contribution in [1.29, 1.82) is 0 Å². The summed E-state index contributed by atoms with van der Waals surface area (Å²) < 4.78 is 1.44. The lowest BCUT2D eigenvalue weighted by Crippen LogP contribution is -2.35. The van der Waals surface area contributed by atoms with Gasteiger partial charge in [0.25, 0.3) is 5.56 Å². The van der Waals surface area contributed by atoms with Crippen molar-refractivity contribution in [2.45, 2.75) is 11.7 Å². The molecule has 0 spiro atoms. The molecular weight excluding hydrogens is 364 g/mol. The van der Waals surface area contributed by atoms with Gasteiger partial charge in [0, 0.05) is 24.7 Å². The number of halogens is 1. The zero-order chi connectivity index (χ0) is 18.0. The molecule has 1 fully saturated rings. The average molecular weight is 379 g/mol. The van der Waals surface area contributed by atoms with E-state index >= 15 is 0 Å². The highest BCUT2D eigenvalue weighted by atomic mass is 35.5. The zero-order valence-electron chi connectivity index (χ0n) is 13.2. The molecule has 2 heterocycles. The van der Waals surface area contributed by atoms with Crippen LogP contribution >= 0.6 is 23.4 Å². The third-order valence-electron chi connectivity index (χ3n) is 3.68. The number of hydrogen-bond acceptors (Lipinski definition) is 5. The number of fused-ring (bicyclic) bond motifs is 1. The molecule has 0 bridgehead atoms. The fraction of sp³-hybridized carbons (Fsp3) is 0.250. The largest absolute Gasteiger partial charge is 0.336 e. The van der Waals surface area contributed by atoms with E-state index in [9.17, 15) is 14.4 Å². The molecule has 130 valence electrons. The van der Waals surface area contributed by atoms with E-state index in [0.717, 1.165) is 16.7 Å². The van der Waals surface area contributed by atoms with Crippen molar-refractivity contribution < 1.29 is 9.59 Å². The molecule has 3 amide bonds. The van der Waals surface area contributed by atoms with E-state index in [0.29, 0.717) is 34.2 Å². The number of carbonyl (C=O) groups excluding carboxylic acids is 2. The molecule has 2 aromatic rings. The topological polar surface area (TPSA) is 84.3 Å². The van der Waals surface area contributed by atoms with Crippen LogP contribution in [0.3, 0.4) is 0 Å². The number of aromatic nitrogens is 2. The van der Waals surface area contributed by atoms with Gasteiger partial charge in [0.2, 0.25) is 5.91 Å². The molecule has 7 nitrogen and oxygen atoms in total. The number of carbonyl (C=O) groups is 2. The van der Waals surface area contributed by atoms with E-state index < -0.39 is 6.03 Å². The Morgan fingerprint density at radius 3 is 2.92 bits per heavy atom. The number of rotatable bonds is 5. The van der Waals surface area contributed by atoms with Crippen LogP contribution in [0.25, 0.3) is 10.9 Å². The number of urea groups is 1. The molecule has 1 saturated heterocycles. The van der Waals surface area contributed by atoms with Crippen molar-refractivity contribution in [2.75, 3.05) is 18.8 Å². The van der Waals surface area contributed by atoms with Gasteiger partial charge in [-0.05, 0) is 18.2 Å². The molecular formula is C16H15ClN4O3S. The number of amides is 3. The second-order valence-corrected chi connectivity index (χ2v) is 6.71. The summed E-state index contributed by atoms with van der Waals surface area (Å²) in [5.74, 6) is -0.313. The highest BCUT2D eigenvalue weighted by molar-refractivity contribution is 7.99. The van der Waals surface area contributed by atoms with Crippen LogP contribution < -0.4 is 10.9 Å². The minimum absolute atomic E-state index is 0.0100. The monoisotopic (exact) mass is 378 g/mol. The summed E-state index contributed by atoms with van der Waals surface area (Å²) in [6.07, 6.45) is 1.58. The summed E-state index contributed by atoms with van der Waals surface area (Å²) in [7, 11) is 0. The normalized spacial score (nSPS) is 14.0. The van der Waals surface area contributed by atoms with Gasteiger partial charge in [0.1, 0.15) is 0 Å². The lowest BCUT2D eigenvalue weighted by molar-refractivity contribution is -0.124. The van der Waals surface area contributed by atoms with Gasteiger partial charge in [-0.2, -0.15) is 0 Å². The summed E-state index contributed by atoms with van der Waals surface area (Å²) in [5.41, 5.74) is 0.254. The van der Waals surface area contributed by atoms with Crippen LogP contribution in [0.4, 0.5) is 4.79 Å². The Labute approximate surface area is 152 Å². The van der Waals surface area contributed by atoms with Crippen molar-refractivity contribution in [3.05, 3.63) is 46.2 Å². The first-order chi connectivity index (χ1) is 12.0. The van der Waals surface area contributed by atoms with E-state index in [4.69, 9.17) is 11.6 Å². The van der Waals surface area contributed by atoms with Gasteiger partial charge in [0.05, 0.1) is 16.7 Å². The Hall–Kier alpha value is -2.32. The van der Waals surface area contributed by atoms with Crippen LogP contribution in [0.1, 0.15) is 0 Å².